The second-order valence-electron chi connectivity index (χ2n) is 6.57. The van der Waals surface area contributed by atoms with Gasteiger partial charge in [0.2, 0.25) is 0 Å². The number of nitrogens with zero attached hydrogens (tertiary/aromatic N) is 2. The molecule has 0 aliphatic rings. The molecule has 2 N–H and O–H groups in total. The fourth-order valence-electron chi connectivity index (χ4n) is 3.12. The highest BCUT2D eigenvalue weighted by atomic mass is 35.5. The van der Waals surface area contributed by atoms with E-state index < -0.39 is 6.03 Å². The Morgan fingerprint density at radius 1 is 0.967 bits per heavy atom. The van der Waals surface area contributed by atoms with Gasteiger partial charge in [-0.05, 0) is 61.5 Å². The van der Waals surface area contributed by atoms with E-state index in [0.717, 1.165) is 0 Å². The van der Waals surface area contributed by atoms with Gasteiger partial charge < -0.3 is 10.6 Å². The molecule has 0 bridgehead atoms. The second-order valence-corrected chi connectivity index (χ2v) is 7.41. The van der Waals surface area contributed by atoms with Crippen molar-refractivity contribution in [3.8, 4) is 5.69 Å². The average Bonchev–Trinajstić information content (AvgIpc) is 2.72. The van der Waals surface area contributed by atoms with Gasteiger partial charge in [-0.2, -0.15) is 0 Å². The van der Waals surface area contributed by atoms with Crippen LogP contribution in [0.4, 0.5) is 16.2 Å². The molecule has 3 aromatic carbocycles. The lowest BCUT2D eigenvalue weighted by molar-refractivity contribution is 0.262. The predicted molar refractivity (Wildman–Crippen MR) is 121 cm³/mol. The van der Waals surface area contributed by atoms with E-state index in [2.05, 4.69) is 15.6 Å². The first-order valence-corrected chi connectivity index (χ1v) is 9.80. The molecular weight excluding hydrogens is 423 g/mol. The first-order valence-electron chi connectivity index (χ1n) is 9.04. The Morgan fingerprint density at radius 3 is 2.47 bits per heavy atom. The summed E-state index contributed by atoms with van der Waals surface area (Å²) in [5.74, 6) is 0.577. The molecule has 0 unspecified atom stereocenters. The molecule has 1 aromatic heterocycles. The van der Waals surface area contributed by atoms with Gasteiger partial charge in [0.25, 0.3) is 5.56 Å². The topological polar surface area (TPSA) is 76.0 Å². The Morgan fingerprint density at radius 2 is 1.70 bits per heavy atom. The number of nitrogens with one attached hydrogen (secondary N) is 2. The number of amides is 2. The normalized spacial score (nSPS) is 10.8. The first kappa shape index (κ1) is 19.9. The number of halogens is 2. The maximum Gasteiger partial charge on any atom is 0.323 e. The molecule has 8 heteroatoms. The number of hydrogen-bond donors (Lipinski definition) is 2. The van der Waals surface area contributed by atoms with Crippen LogP contribution >= 0.6 is 23.2 Å². The van der Waals surface area contributed by atoms with Crippen molar-refractivity contribution in [1.29, 1.82) is 0 Å². The molecule has 150 valence electrons. The maximum absolute atomic E-state index is 12.9. The fourth-order valence-corrected chi connectivity index (χ4v) is 3.46. The Kier molecular flexibility index (Phi) is 5.44. The summed E-state index contributed by atoms with van der Waals surface area (Å²) in [4.78, 5) is 29.7. The fraction of sp³-hybridized carbons (Fsp3) is 0.0455. The van der Waals surface area contributed by atoms with Gasteiger partial charge in [0.15, 0.2) is 0 Å². The zero-order chi connectivity index (χ0) is 21.3. The highest BCUT2D eigenvalue weighted by Gasteiger charge is 2.11. The SMILES string of the molecule is Cc1nc2ccccc2c(=O)n1-c1ccc(NC(=O)Nc2cc(Cl)ccc2Cl)cc1. The highest BCUT2D eigenvalue weighted by molar-refractivity contribution is 6.35. The number of para-hydroxylation sites is 1. The molecule has 2 amide bonds. The minimum Gasteiger partial charge on any atom is -0.308 e. The van der Waals surface area contributed by atoms with Crippen LogP contribution in [0.2, 0.25) is 10.0 Å². The molecule has 30 heavy (non-hydrogen) atoms. The number of anilines is 2. The van der Waals surface area contributed by atoms with E-state index in [-0.39, 0.29) is 5.56 Å². The van der Waals surface area contributed by atoms with E-state index >= 15 is 0 Å². The van der Waals surface area contributed by atoms with Crippen LogP contribution in [-0.4, -0.2) is 15.6 Å². The van der Waals surface area contributed by atoms with Crippen molar-refractivity contribution in [2.45, 2.75) is 6.92 Å². The molecule has 0 spiro atoms. The van der Waals surface area contributed by atoms with Crippen LogP contribution < -0.4 is 16.2 Å². The Labute approximate surface area is 182 Å². The zero-order valence-electron chi connectivity index (χ0n) is 15.8. The Balaban J connectivity index is 1.56. The molecule has 6 nitrogen and oxygen atoms in total. The number of carbonyl (C=O) groups is 1. The van der Waals surface area contributed by atoms with Crippen molar-refractivity contribution in [2.24, 2.45) is 0 Å². The number of aryl methyl sites for hydroxylation is 1. The second kappa shape index (κ2) is 8.18. The number of benzene rings is 3. The summed E-state index contributed by atoms with van der Waals surface area (Å²) in [6.07, 6.45) is 0. The third-order valence-corrected chi connectivity index (χ3v) is 5.07. The van der Waals surface area contributed by atoms with Crippen LogP contribution in [0.25, 0.3) is 16.6 Å². The van der Waals surface area contributed by atoms with Crippen molar-refractivity contribution < 1.29 is 4.79 Å². The first-order chi connectivity index (χ1) is 14.4. The predicted octanol–water partition coefficient (Wildman–Crippen LogP) is 5.64. The van der Waals surface area contributed by atoms with Gasteiger partial charge in [-0.15, -0.1) is 0 Å². The van der Waals surface area contributed by atoms with Crippen molar-refractivity contribution in [3.05, 3.63) is 93.0 Å². The van der Waals surface area contributed by atoms with Gasteiger partial charge in [0.05, 0.1) is 27.3 Å². The van der Waals surface area contributed by atoms with E-state index in [4.69, 9.17) is 23.2 Å². The van der Waals surface area contributed by atoms with E-state index in [1.54, 1.807) is 55.5 Å². The molecule has 4 aromatic rings. The van der Waals surface area contributed by atoms with Crippen LogP contribution in [0.15, 0.2) is 71.5 Å². The minimum atomic E-state index is -0.465. The van der Waals surface area contributed by atoms with Gasteiger partial charge in [0.1, 0.15) is 5.82 Å². The molecule has 0 saturated carbocycles. The lowest BCUT2D eigenvalue weighted by Gasteiger charge is -2.12. The van der Waals surface area contributed by atoms with Crippen molar-refractivity contribution in [1.82, 2.24) is 9.55 Å². The lowest BCUT2D eigenvalue weighted by Crippen LogP contribution is -2.22. The molecular formula is C22H16Cl2N4O2. The van der Waals surface area contributed by atoms with Gasteiger partial charge in [-0.25, -0.2) is 9.78 Å². The smallest absolute Gasteiger partial charge is 0.308 e. The highest BCUT2D eigenvalue weighted by Crippen LogP contribution is 2.25. The Bertz CT molecular complexity index is 1320. The summed E-state index contributed by atoms with van der Waals surface area (Å²) in [7, 11) is 0. The summed E-state index contributed by atoms with van der Waals surface area (Å²) < 4.78 is 1.54. The average molecular weight is 439 g/mol. The summed E-state index contributed by atoms with van der Waals surface area (Å²) in [6, 6.07) is 18.5. The number of hydrogen-bond acceptors (Lipinski definition) is 3. The number of rotatable bonds is 3. The van der Waals surface area contributed by atoms with Gasteiger partial charge in [0, 0.05) is 10.7 Å². The van der Waals surface area contributed by atoms with Crippen molar-refractivity contribution >= 4 is 51.5 Å². The van der Waals surface area contributed by atoms with Crippen LogP contribution in [0.1, 0.15) is 5.82 Å². The van der Waals surface area contributed by atoms with Gasteiger partial charge in [-0.1, -0.05) is 35.3 Å². The maximum atomic E-state index is 12.9. The Hall–Kier alpha value is -3.35. The molecule has 1 heterocycles. The van der Waals surface area contributed by atoms with E-state index in [9.17, 15) is 9.59 Å². The van der Waals surface area contributed by atoms with Gasteiger partial charge in [-0.3, -0.25) is 9.36 Å². The number of urea groups is 1. The zero-order valence-corrected chi connectivity index (χ0v) is 17.3. The van der Waals surface area contributed by atoms with Crippen LogP contribution in [0, 0.1) is 6.92 Å². The largest absolute Gasteiger partial charge is 0.323 e. The monoisotopic (exact) mass is 438 g/mol. The minimum absolute atomic E-state index is 0.146. The third-order valence-electron chi connectivity index (χ3n) is 4.50. The molecule has 0 aliphatic heterocycles. The molecule has 0 saturated heterocycles. The number of fused-ring (bicyclic) bond motifs is 1. The standard InChI is InChI=1S/C22H16Cl2N4O2/c1-13-25-19-5-3-2-4-17(19)21(29)28(13)16-9-7-15(8-10-16)26-22(30)27-20-12-14(23)6-11-18(20)24/h2-12H,1H3,(H2,26,27,30). The quantitative estimate of drug-likeness (QED) is 0.434. The number of carbonyl (C=O) groups excluding carboxylic acids is 1. The van der Waals surface area contributed by atoms with E-state index in [1.165, 1.54) is 4.57 Å². The van der Waals surface area contributed by atoms with Gasteiger partial charge >= 0.3 is 6.03 Å². The number of aromatic nitrogens is 2. The van der Waals surface area contributed by atoms with Crippen molar-refractivity contribution in [2.75, 3.05) is 10.6 Å². The summed E-state index contributed by atoms with van der Waals surface area (Å²) in [5, 5.41) is 6.76. The van der Waals surface area contributed by atoms with E-state index in [1.807, 2.05) is 18.2 Å². The summed E-state index contributed by atoms with van der Waals surface area (Å²) in [5.41, 5.74) is 2.12. The molecule has 0 fully saturated rings. The lowest BCUT2D eigenvalue weighted by atomic mass is 10.2. The van der Waals surface area contributed by atoms with Crippen LogP contribution in [-0.2, 0) is 0 Å². The molecule has 0 atom stereocenters. The third kappa shape index (κ3) is 4.01. The van der Waals surface area contributed by atoms with Crippen LogP contribution in [0.5, 0.6) is 0 Å². The van der Waals surface area contributed by atoms with Crippen molar-refractivity contribution in [3.63, 3.8) is 0 Å². The molecule has 4 rings (SSSR count). The van der Waals surface area contributed by atoms with E-state index in [0.29, 0.717) is 43.8 Å². The molecule has 0 aliphatic carbocycles. The summed E-state index contributed by atoms with van der Waals surface area (Å²) in [6.45, 7) is 1.78. The summed E-state index contributed by atoms with van der Waals surface area (Å²) >= 11 is 12.0. The molecule has 0 radical (unpaired) electrons. The van der Waals surface area contributed by atoms with Crippen LogP contribution in [0.3, 0.4) is 0 Å².